The van der Waals surface area contributed by atoms with Gasteiger partial charge in [-0.1, -0.05) is 36.9 Å². The van der Waals surface area contributed by atoms with Gasteiger partial charge in [-0.3, -0.25) is 4.79 Å². The quantitative estimate of drug-likeness (QED) is 0.824. The number of carbonyl (C=O) groups is 1. The number of amides is 1. The maximum atomic E-state index is 12.0. The van der Waals surface area contributed by atoms with Crippen molar-refractivity contribution in [2.45, 2.75) is 49.0 Å². The Hall–Kier alpha value is -2.29. The molecule has 0 saturated heterocycles. The molecule has 134 valence electrons. The van der Waals surface area contributed by atoms with Crippen LogP contribution in [0, 0.1) is 16.7 Å². The molecule has 3 rings (SSSR count). The highest BCUT2D eigenvalue weighted by atomic mass is 32.2. The van der Waals surface area contributed by atoms with Gasteiger partial charge < -0.3 is 10.4 Å². The van der Waals surface area contributed by atoms with Crippen LogP contribution in [0.1, 0.15) is 44.7 Å². The van der Waals surface area contributed by atoms with Crippen molar-refractivity contribution in [3.05, 3.63) is 53.6 Å². The minimum atomic E-state index is -1.47. The fourth-order valence-corrected chi connectivity index (χ4v) is 4.46. The van der Waals surface area contributed by atoms with Crippen molar-refractivity contribution >= 4 is 23.4 Å². The number of rotatable bonds is 4. The first-order chi connectivity index (χ1) is 12.3. The molecule has 0 bridgehead atoms. The summed E-state index contributed by atoms with van der Waals surface area (Å²) in [5.41, 5.74) is -0.507. The molecule has 0 saturated carbocycles. The number of benzene rings is 2. The topological polar surface area (TPSA) is 73.1 Å². The summed E-state index contributed by atoms with van der Waals surface area (Å²) in [5, 5.41) is 24.5. The molecule has 2 aromatic carbocycles. The lowest BCUT2D eigenvalue weighted by molar-refractivity contribution is -0.116. The Morgan fingerprint density at radius 3 is 2.62 bits per heavy atom. The summed E-state index contributed by atoms with van der Waals surface area (Å²) in [6.07, 6.45) is 1.22. The van der Waals surface area contributed by atoms with Crippen molar-refractivity contribution < 1.29 is 9.90 Å². The second-order valence-electron chi connectivity index (χ2n) is 7.05. The van der Waals surface area contributed by atoms with Gasteiger partial charge in [0.05, 0.1) is 11.5 Å². The van der Waals surface area contributed by atoms with Gasteiger partial charge in [-0.15, -0.1) is 0 Å². The molecular weight excluding hydrogens is 344 g/mol. The number of hydrogen-bond acceptors (Lipinski definition) is 4. The van der Waals surface area contributed by atoms with E-state index in [1.54, 1.807) is 31.7 Å². The Labute approximate surface area is 158 Å². The second kappa shape index (κ2) is 6.79. The van der Waals surface area contributed by atoms with Gasteiger partial charge in [0, 0.05) is 33.0 Å². The van der Waals surface area contributed by atoms with Crippen LogP contribution < -0.4 is 5.32 Å². The number of nitrogens with zero attached hydrogens (tertiary/aromatic N) is 1. The highest BCUT2D eigenvalue weighted by molar-refractivity contribution is 7.99. The van der Waals surface area contributed by atoms with E-state index < -0.39 is 11.0 Å². The third-order valence-corrected chi connectivity index (χ3v) is 5.96. The highest BCUT2D eigenvalue weighted by Crippen LogP contribution is 2.55. The van der Waals surface area contributed by atoms with Gasteiger partial charge >= 0.3 is 0 Å². The summed E-state index contributed by atoms with van der Waals surface area (Å²) in [4.78, 5) is 13.8. The average Bonchev–Trinajstić information content (AvgIpc) is 2.62. The number of anilines is 1. The number of hydrogen-bond donors (Lipinski definition) is 2. The fourth-order valence-electron chi connectivity index (χ4n) is 3.30. The van der Waals surface area contributed by atoms with Gasteiger partial charge in [0.1, 0.15) is 5.60 Å². The Morgan fingerprint density at radius 2 is 1.92 bits per heavy atom. The normalized spacial score (nSPS) is 18.4. The van der Waals surface area contributed by atoms with Crippen LogP contribution in [-0.4, -0.2) is 11.0 Å². The lowest BCUT2D eigenvalue weighted by atomic mass is 9.67. The molecular formula is C21H22N2O2S. The van der Waals surface area contributed by atoms with Gasteiger partial charge in [0.15, 0.2) is 0 Å². The Kier molecular flexibility index (Phi) is 4.83. The van der Waals surface area contributed by atoms with E-state index in [0.29, 0.717) is 17.7 Å². The van der Waals surface area contributed by atoms with Gasteiger partial charge in [-0.2, -0.15) is 5.26 Å². The summed E-state index contributed by atoms with van der Waals surface area (Å²) in [6, 6.07) is 15.4. The smallest absolute Gasteiger partial charge is 0.224 e. The number of nitriles is 1. The summed E-state index contributed by atoms with van der Waals surface area (Å²) < 4.78 is 0. The van der Waals surface area contributed by atoms with Crippen LogP contribution in [0.3, 0.4) is 0 Å². The number of aliphatic hydroxyl groups is 1. The van der Waals surface area contributed by atoms with Gasteiger partial charge in [-0.05, 0) is 44.5 Å². The van der Waals surface area contributed by atoms with Crippen LogP contribution in [0.5, 0.6) is 0 Å². The van der Waals surface area contributed by atoms with E-state index >= 15 is 0 Å². The number of nitrogens with one attached hydrogen (secondary N) is 1. The molecule has 0 fully saturated rings. The minimum absolute atomic E-state index is 0.0561. The van der Waals surface area contributed by atoms with E-state index in [0.717, 1.165) is 21.8 Å². The molecule has 1 aliphatic rings. The molecule has 1 atom stereocenters. The van der Waals surface area contributed by atoms with Crippen LogP contribution in [-0.2, 0) is 10.4 Å². The molecule has 2 aromatic rings. The van der Waals surface area contributed by atoms with E-state index in [1.807, 2.05) is 43.3 Å². The van der Waals surface area contributed by atoms with Crippen molar-refractivity contribution in [3.8, 4) is 6.07 Å². The molecule has 4 nitrogen and oxygen atoms in total. The third-order valence-electron chi connectivity index (χ3n) is 4.81. The summed E-state index contributed by atoms with van der Waals surface area (Å²) in [6.45, 7) is 5.44. The molecule has 0 aliphatic carbocycles. The maximum Gasteiger partial charge on any atom is 0.224 e. The summed E-state index contributed by atoms with van der Waals surface area (Å²) >= 11 is 1.57. The fraction of sp³-hybridized carbons (Fsp3) is 0.333. The Morgan fingerprint density at radius 1 is 1.23 bits per heavy atom. The molecule has 1 unspecified atom stereocenters. The van der Waals surface area contributed by atoms with E-state index in [2.05, 4.69) is 11.4 Å². The molecule has 26 heavy (non-hydrogen) atoms. The molecule has 0 radical (unpaired) electrons. The van der Waals surface area contributed by atoms with Crippen molar-refractivity contribution in [3.63, 3.8) is 0 Å². The largest absolute Gasteiger partial charge is 0.379 e. The van der Waals surface area contributed by atoms with Gasteiger partial charge in [-0.25, -0.2) is 0 Å². The molecule has 1 amide bonds. The number of fused-ring (bicyclic) bond motifs is 2. The zero-order valence-corrected chi connectivity index (χ0v) is 16.0. The lowest BCUT2D eigenvalue weighted by Gasteiger charge is -2.43. The molecule has 0 aromatic heterocycles. The van der Waals surface area contributed by atoms with Crippen LogP contribution in [0.15, 0.2) is 52.3 Å². The van der Waals surface area contributed by atoms with Crippen LogP contribution in [0.4, 0.5) is 5.69 Å². The van der Waals surface area contributed by atoms with E-state index in [4.69, 9.17) is 0 Å². The first-order valence-corrected chi connectivity index (χ1v) is 9.50. The third kappa shape index (κ3) is 2.90. The van der Waals surface area contributed by atoms with Crippen LogP contribution >= 0.6 is 11.8 Å². The van der Waals surface area contributed by atoms with E-state index in [-0.39, 0.29) is 5.91 Å². The number of carbonyl (C=O) groups excluding carboxylic acids is 1. The molecule has 1 aliphatic heterocycles. The first kappa shape index (κ1) is 18.5. The minimum Gasteiger partial charge on any atom is -0.379 e. The summed E-state index contributed by atoms with van der Waals surface area (Å²) in [7, 11) is 0. The van der Waals surface area contributed by atoms with Crippen LogP contribution in [0.2, 0.25) is 0 Å². The van der Waals surface area contributed by atoms with Crippen molar-refractivity contribution in [1.29, 1.82) is 5.26 Å². The Balaban J connectivity index is 2.16. The average molecular weight is 366 g/mol. The zero-order valence-electron chi connectivity index (χ0n) is 15.2. The standard InChI is InChI=1S/C21H22N2O2S/c1-4-7-19(24)23-14-10-11-18-16(12-14)21(25,20(2,3)13-22)15-8-5-6-9-17(15)26-18/h5-6,8-12,25H,4,7H2,1-3H3,(H,23,24). The molecule has 0 spiro atoms. The predicted molar refractivity (Wildman–Crippen MR) is 103 cm³/mol. The molecule has 1 heterocycles. The second-order valence-corrected chi connectivity index (χ2v) is 8.14. The molecule has 5 heteroatoms. The zero-order chi connectivity index (χ0) is 18.9. The summed E-state index contributed by atoms with van der Waals surface area (Å²) in [5.74, 6) is -0.0561. The predicted octanol–water partition coefficient (Wildman–Crippen LogP) is 4.68. The highest BCUT2D eigenvalue weighted by Gasteiger charge is 2.51. The van der Waals surface area contributed by atoms with Crippen molar-refractivity contribution in [2.75, 3.05) is 5.32 Å². The first-order valence-electron chi connectivity index (χ1n) is 8.69. The van der Waals surface area contributed by atoms with Gasteiger partial charge in [0.2, 0.25) is 5.91 Å². The van der Waals surface area contributed by atoms with Crippen molar-refractivity contribution in [2.24, 2.45) is 5.41 Å². The van der Waals surface area contributed by atoms with Gasteiger partial charge in [0.25, 0.3) is 0 Å². The lowest BCUT2D eigenvalue weighted by Crippen LogP contribution is -2.44. The van der Waals surface area contributed by atoms with E-state index in [9.17, 15) is 15.2 Å². The maximum absolute atomic E-state index is 12.0. The van der Waals surface area contributed by atoms with E-state index in [1.165, 1.54) is 0 Å². The Bertz CT molecular complexity index is 901. The molecule has 2 N–H and O–H groups in total. The SMILES string of the molecule is CCCC(=O)Nc1ccc2c(c1)C(O)(C(C)(C)C#N)c1ccccc1S2. The monoisotopic (exact) mass is 366 g/mol. The van der Waals surface area contributed by atoms with Crippen molar-refractivity contribution in [1.82, 2.24) is 0 Å². The van der Waals surface area contributed by atoms with Crippen LogP contribution in [0.25, 0.3) is 0 Å².